The molecule has 0 nitrogen and oxygen atoms in total. The van der Waals surface area contributed by atoms with Gasteiger partial charge in [0.1, 0.15) is 0 Å². The Balaban J connectivity index is 0.000000360. The fourth-order valence-electron chi connectivity index (χ4n) is 3.85. The molecule has 2 rings (SSSR count). The van der Waals surface area contributed by atoms with Crippen LogP contribution < -0.4 is 10.4 Å². The molecule has 0 saturated heterocycles. The van der Waals surface area contributed by atoms with Gasteiger partial charge in [0.25, 0.3) is 0 Å². The van der Waals surface area contributed by atoms with Crippen LogP contribution in [-0.2, 0) is 21.7 Å². The van der Waals surface area contributed by atoms with Gasteiger partial charge in [-0.2, -0.15) is 0 Å². The van der Waals surface area contributed by atoms with Crippen LogP contribution in [0.2, 0.25) is 39.3 Å². The van der Waals surface area contributed by atoms with Crippen LogP contribution in [-0.4, -0.2) is 16.1 Å². The second-order valence-electron chi connectivity index (χ2n) is 17.1. The predicted octanol–water partition coefficient (Wildman–Crippen LogP) is 9.65. The molecule has 0 aliphatic carbocycles. The summed E-state index contributed by atoms with van der Waals surface area (Å²) < 4.78 is 0. The third-order valence-electron chi connectivity index (χ3n) is 7.06. The van der Waals surface area contributed by atoms with E-state index >= 15 is 0 Å². The van der Waals surface area contributed by atoms with Crippen molar-refractivity contribution < 1.29 is 0 Å². The molecule has 2 aromatic rings. The fourth-order valence-corrected chi connectivity index (χ4v) is 6.35. The van der Waals surface area contributed by atoms with Crippen molar-refractivity contribution in [2.75, 3.05) is 0 Å². The van der Waals surface area contributed by atoms with Crippen LogP contribution in [0.1, 0.15) is 105 Å². The summed E-state index contributed by atoms with van der Waals surface area (Å²) in [5.41, 5.74) is 6.73. The maximum Gasteiger partial charge on any atom is 0.0776 e. The molecule has 0 amide bonds. The summed E-state index contributed by atoms with van der Waals surface area (Å²) in [5.74, 6) is 0. The average Bonchev–Trinajstić information content (AvgIpc) is 2.63. The summed E-state index contributed by atoms with van der Waals surface area (Å²) in [6.45, 7) is 42.3. The molecule has 0 atom stereocenters. The van der Waals surface area contributed by atoms with Gasteiger partial charge in [0.05, 0.1) is 16.1 Å². The van der Waals surface area contributed by atoms with E-state index in [1.807, 2.05) is 0 Å². The Morgan fingerprint density at radius 3 is 0.694 bits per heavy atom. The number of rotatable bonds is 2. The molecule has 0 saturated carbocycles. The summed E-state index contributed by atoms with van der Waals surface area (Å²) >= 11 is 0. The smallest absolute Gasteiger partial charge is 0.0656 e. The Morgan fingerprint density at radius 2 is 0.528 bits per heavy atom. The van der Waals surface area contributed by atoms with E-state index in [2.05, 4.69) is 159 Å². The number of hydrogen-bond donors (Lipinski definition) is 0. The van der Waals surface area contributed by atoms with Crippen LogP contribution in [0, 0.1) is 0 Å². The molecule has 0 aliphatic heterocycles. The van der Waals surface area contributed by atoms with Crippen molar-refractivity contribution in [1.82, 2.24) is 0 Å². The average molecular weight is 525 g/mol. The van der Waals surface area contributed by atoms with Crippen LogP contribution in [0.5, 0.6) is 0 Å². The molecule has 2 heteroatoms. The van der Waals surface area contributed by atoms with Gasteiger partial charge in [-0.25, -0.2) is 0 Å². The molecule has 0 aromatic heterocycles. The maximum absolute atomic E-state index is 2.51. The molecule has 2 aromatic carbocycles. The first-order chi connectivity index (χ1) is 15.6. The quantitative estimate of drug-likeness (QED) is 0.343. The van der Waals surface area contributed by atoms with Crippen molar-refractivity contribution in [3.05, 3.63) is 58.7 Å². The van der Waals surface area contributed by atoms with Crippen molar-refractivity contribution in [1.29, 1.82) is 0 Å². The Kier molecular flexibility index (Phi) is 9.65. The normalized spacial score (nSPS) is 13.8. The second-order valence-corrected chi connectivity index (χ2v) is 27.3. The third-order valence-corrected chi connectivity index (χ3v) is 11.1. The van der Waals surface area contributed by atoms with Gasteiger partial charge in [-0.15, -0.1) is 0 Å². The molecule has 0 aliphatic rings. The maximum atomic E-state index is 2.51. The minimum absolute atomic E-state index is 0.210. The highest BCUT2D eigenvalue weighted by atomic mass is 28.3. The van der Waals surface area contributed by atoms with Gasteiger partial charge in [0, 0.05) is 0 Å². The van der Waals surface area contributed by atoms with Gasteiger partial charge in [-0.3, -0.25) is 0 Å². The van der Waals surface area contributed by atoms with E-state index in [0.29, 0.717) is 0 Å². The summed E-state index contributed by atoms with van der Waals surface area (Å²) in [7, 11) is -2.46. The second kappa shape index (κ2) is 10.6. The molecule has 0 N–H and O–H groups in total. The monoisotopic (exact) mass is 524 g/mol. The zero-order valence-corrected chi connectivity index (χ0v) is 29.5. The zero-order chi connectivity index (χ0) is 28.7. The summed E-state index contributed by atoms with van der Waals surface area (Å²) in [6, 6.07) is 14.6. The predicted molar refractivity (Wildman–Crippen MR) is 174 cm³/mol. The molecule has 204 valence electrons. The van der Waals surface area contributed by atoms with E-state index < -0.39 is 16.1 Å². The molecule has 36 heavy (non-hydrogen) atoms. The van der Waals surface area contributed by atoms with Gasteiger partial charge in [0.2, 0.25) is 0 Å². The van der Waals surface area contributed by atoms with Gasteiger partial charge < -0.3 is 0 Å². The van der Waals surface area contributed by atoms with Crippen molar-refractivity contribution in [2.24, 2.45) is 0 Å². The fraction of sp³-hybridized carbons (Fsp3) is 0.647. The Morgan fingerprint density at radius 1 is 0.333 bits per heavy atom. The Hall–Kier alpha value is -1.13. The SMILES string of the molecule is CC(C)(C)c1cc(C(C)(C)C)cc(C(C)(C)C)c1.CC(C)(C)c1cc([Si](C)(C)C)cc([Si](C)(C)C)c1. The number of benzene rings is 2. The van der Waals surface area contributed by atoms with E-state index in [1.54, 1.807) is 10.4 Å². The van der Waals surface area contributed by atoms with Crippen LogP contribution in [0.4, 0.5) is 0 Å². The van der Waals surface area contributed by atoms with Crippen molar-refractivity contribution in [3.8, 4) is 0 Å². The molecule has 0 spiro atoms. The van der Waals surface area contributed by atoms with E-state index in [1.165, 1.54) is 22.3 Å². The lowest BCUT2D eigenvalue weighted by Crippen LogP contribution is -2.46. The Bertz CT molecular complexity index is 772. The summed E-state index contributed by atoms with van der Waals surface area (Å²) in [6.07, 6.45) is 0. The van der Waals surface area contributed by atoms with Crippen LogP contribution in [0.3, 0.4) is 0 Å². The largest absolute Gasteiger partial charge is 0.0776 e. The number of hydrogen-bond acceptors (Lipinski definition) is 0. The highest BCUT2D eigenvalue weighted by Crippen LogP contribution is 2.34. The lowest BCUT2D eigenvalue weighted by Gasteiger charge is -2.29. The highest BCUT2D eigenvalue weighted by Gasteiger charge is 2.26. The molecule has 0 radical (unpaired) electrons. The van der Waals surface area contributed by atoms with Gasteiger partial charge in [-0.05, 0) is 43.9 Å². The van der Waals surface area contributed by atoms with Gasteiger partial charge in [0.15, 0.2) is 0 Å². The topological polar surface area (TPSA) is 0 Å². The van der Waals surface area contributed by atoms with Crippen LogP contribution in [0.15, 0.2) is 36.4 Å². The van der Waals surface area contributed by atoms with Gasteiger partial charge >= 0.3 is 0 Å². The summed E-state index contributed by atoms with van der Waals surface area (Å²) in [5, 5.41) is 3.24. The molecule has 0 fully saturated rings. The van der Waals surface area contributed by atoms with Crippen molar-refractivity contribution in [2.45, 2.75) is 144 Å². The first-order valence-electron chi connectivity index (χ1n) is 14.0. The Labute approximate surface area is 228 Å². The minimum atomic E-state index is -1.23. The molecule has 0 heterocycles. The van der Waals surface area contributed by atoms with E-state index in [9.17, 15) is 0 Å². The van der Waals surface area contributed by atoms with Gasteiger partial charge in [-0.1, -0.05) is 169 Å². The molecule has 0 bridgehead atoms. The standard InChI is InChI=1S/C18H30.C16H30Si2/c2*1-16(2,3)13-10-14(17(4,5)6)12-15(11-13)18(7,8)9/h2*10-12H,1-9H3. The lowest BCUT2D eigenvalue weighted by atomic mass is 9.76. The first-order valence-corrected chi connectivity index (χ1v) is 21.0. The van der Waals surface area contributed by atoms with Crippen molar-refractivity contribution in [3.63, 3.8) is 0 Å². The third kappa shape index (κ3) is 9.64. The van der Waals surface area contributed by atoms with E-state index in [-0.39, 0.29) is 21.7 Å². The molecule has 0 unspecified atom stereocenters. The molecular formula is C34H60Si2. The first kappa shape index (κ1) is 32.9. The summed E-state index contributed by atoms with van der Waals surface area (Å²) in [4.78, 5) is 0. The lowest BCUT2D eigenvalue weighted by molar-refractivity contribution is 0.548. The van der Waals surface area contributed by atoms with E-state index in [4.69, 9.17) is 0 Å². The van der Waals surface area contributed by atoms with E-state index in [0.717, 1.165) is 0 Å². The van der Waals surface area contributed by atoms with Crippen LogP contribution in [0.25, 0.3) is 0 Å². The highest BCUT2D eigenvalue weighted by molar-refractivity contribution is 6.91. The van der Waals surface area contributed by atoms with Crippen molar-refractivity contribution >= 4 is 26.5 Å². The molecular weight excluding hydrogens is 465 g/mol. The minimum Gasteiger partial charge on any atom is -0.0656 e. The van der Waals surface area contributed by atoms with Crippen LogP contribution >= 0.6 is 0 Å². The zero-order valence-electron chi connectivity index (χ0n) is 27.5.